The molecule has 0 saturated heterocycles. The van der Waals surface area contributed by atoms with Crippen LogP contribution in [-0.2, 0) is 12.0 Å². The van der Waals surface area contributed by atoms with Crippen LogP contribution in [0, 0.1) is 6.92 Å². The molecule has 18 heavy (non-hydrogen) atoms. The molecule has 0 bridgehead atoms. The Balaban J connectivity index is 2.16. The SMILES string of the molecule is COc1ccc2c(c1)C(N)(c1ccsc1C)CC2. The molecule has 1 atom stereocenters. The number of benzene rings is 1. The maximum absolute atomic E-state index is 6.71. The number of rotatable bonds is 2. The van der Waals surface area contributed by atoms with Gasteiger partial charge in [0.1, 0.15) is 5.75 Å². The lowest BCUT2D eigenvalue weighted by atomic mass is 9.85. The van der Waals surface area contributed by atoms with Crippen LogP contribution < -0.4 is 10.5 Å². The van der Waals surface area contributed by atoms with Gasteiger partial charge in [0.25, 0.3) is 0 Å². The van der Waals surface area contributed by atoms with Gasteiger partial charge >= 0.3 is 0 Å². The van der Waals surface area contributed by atoms with Crippen LogP contribution in [0.5, 0.6) is 5.75 Å². The first-order chi connectivity index (χ1) is 8.65. The minimum Gasteiger partial charge on any atom is -0.497 e. The number of nitrogens with two attached hydrogens (primary N) is 1. The maximum Gasteiger partial charge on any atom is 0.119 e. The van der Waals surface area contributed by atoms with Crippen molar-refractivity contribution in [1.29, 1.82) is 0 Å². The van der Waals surface area contributed by atoms with Crippen LogP contribution in [0.15, 0.2) is 29.6 Å². The third-order valence-corrected chi connectivity index (χ3v) is 4.77. The van der Waals surface area contributed by atoms with Crippen LogP contribution >= 0.6 is 11.3 Å². The molecule has 3 heteroatoms. The number of methoxy groups -OCH3 is 1. The third-order valence-electron chi connectivity index (χ3n) is 3.93. The summed E-state index contributed by atoms with van der Waals surface area (Å²) in [5, 5.41) is 2.12. The Morgan fingerprint density at radius 2 is 2.11 bits per heavy atom. The standard InChI is InChI=1S/C15H17NOS/c1-10-13(6-8-18-10)15(16)7-5-11-3-4-12(17-2)9-14(11)15/h3-4,6,8-9H,5,7,16H2,1-2H3. The molecular weight excluding hydrogens is 242 g/mol. The van der Waals surface area contributed by atoms with E-state index in [2.05, 4.69) is 30.5 Å². The molecule has 2 N–H and O–H groups in total. The predicted octanol–water partition coefficient (Wildman–Crippen LogP) is 3.21. The first kappa shape index (κ1) is 11.8. The van der Waals surface area contributed by atoms with Gasteiger partial charge in [0.05, 0.1) is 12.6 Å². The molecule has 0 radical (unpaired) electrons. The lowest BCUT2D eigenvalue weighted by Crippen LogP contribution is -2.35. The van der Waals surface area contributed by atoms with Crippen LogP contribution in [0.3, 0.4) is 0 Å². The highest BCUT2D eigenvalue weighted by atomic mass is 32.1. The maximum atomic E-state index is 6.71. The van der Waals surface area contributed by atoms with E-state index in [0.29, 0.717) is 0 Å². The van der Waals surface area contributed by atoms with Gasteiger partial charge in [0.2, 0.25) is 0 Å². The summed E-state index contributed by atoms with van der Waals surface area (Å²) < 4.78 is 5.33. The monoisotopic (exact) mass is 259 g/mol. The summed E-state index contributed by atoms with van der Waals surface area (Å²) in [6.45, 7) is 2.15. The summed E-state index contributed by atoms with van der Waals surface area (Å²) in [5.41, 5.74) is 10.2. The second kappa shape index (κ2) is 4.11. The van der Waals surface area contributed by atoms with E-state index >= 15 is 0 Å². The Labute approximate surface area is 111 Å². The number of thiophene rings is 1. The molecule has 1 aromatic carbocycles. The van der Waals surface area contributed by atoms with Gasteiger partial charge in [-0.25, -0.2) is 0 Å². The van der Waals surface area contributed by atoms with E-state index in [1.807, 2.05) is 6.07 Å². The highest BCUT2D eigenvalue weighted by Crippen LogP contribution is 2.43. The quantitative estimate of drug-likeness (QED) is 0.898. The van der Waals surface area contributed by atoms with E-state index in [4.69, 9.17) is 10.5 Å². The molecular formula is C15H17NOS. The highest BCUT2D eigenvalue weighted by Gasteiger charge is 2.38. The Hall–Kier alpha value is -1.32. The van der Waals surface area contributed by atoms with Crippen molar-refractivity contribution in [2.45, 2.75) is 25.3 Å². The van der Waals surface area contributed by atoms with Gasteiger partial charge < -0.3 is 10.5 Å². The van der Waals surface area contributed by atoms with Crippen LogP contribution in [0.2, 0.25) is 0 Å². The Morgan fingerprint density at radius 1 is 1.28 bits per heavy atom. The van der Waals surface area contributed by atoms with E-state index in [9.17, 15) is 0 Å². The van der Waals surface area contributed by atoms with Crippen molar-refractivity contribution in [2.24, 2.45) is 5.73 Å². The van der Waals surface area contributed by atoms with Crippen LogP contribution in [0.4, 0.5) is 0 Å². The number of ether oxygens (including phenoxy) is 1. The first-order valence-corrected chi connectivity index (χ1v) is 7.04. The number of fused-ring (bicyclic) bond motifs is 1. The zero-order chi connectivity index (χ0) is 12.8. The van der Waals surface area contributed by atoms with Gasteiger partial charge in [-0.15, -0.1) is 11.3 Å². The number of hydrogen-bond donors (Lipinski definition) is 1. The smallest absolute Gasteiger partial charge is 0.119 e. The summed E-state index contributed by atoms with van der Waals surface area (Å²) in [6.07, 6.45) is 2.03. The number of hydrogen-bond acceptors (Lipinski definition) is 3. The van der Waals surface area contributed by atoms with Crippen molar-refractivity contribution >= 4 is 11.3 Å². The molecule has 0 saturated carbocycles. The van der Waals surface area contributed by atoms with Gasteiger partial charge in [0, 0.05) is 4.88 Å². The molecule has 2 nitrogen and oxygen atoms in total. The lowest BCUT2D eigenvalue weighted by Gasteiger charge is -2.26. The second-order valence-corrected chi connectivity index (χ2v) is 6.01. The van der Waals surface area contributed by atoms with E-state index in [1.165, 1.54) is 21.6 Å². The minimum atomic E-state index is -0.339. The normalized spacial score (nSPS) is 21.9. The molecule has 1 aromatic heterocycles. The molecule has 1 unspecified atom stereocenters. The topological polar surface area (TPSA) is 35.2 Å². The molecule has 0 aliphatic heterocycles. The molecule has 1 heterocycles. The summed E-state index contributed by atoms with van der Waals surface area (Å²) in [7, 11) is 1.70. The van der Waals surface area contributed by atoms with E-state index in [0.717, 1.165) is 18.6 Å². The van der Waals surface area contributed by atoms with Gasteiger partial charge in [0.15, 0.2) is 0 Å². The fourth-order valence-corrected chi connectivity index (χ4v) is 3.70. The molecule has 0 amide bonds. The van der Waals surface area contributed by atoms with Gasteiger partial charge in [-0.05, 0) is 60.0 Å². The molecule has 1 aliphatic carbocycles. The van der Waals surface area contributed by atoms with Crippen LogP contribution in [0.25, 0.3) is 0 Å². The van der Waals surface area contributed by atoms with Crippen molar-refractivity contribution < 1.29 is 4.74 Å². The fraction of sp³-hybridized carbons (Fsp3) is 0.333. The zero-order valence-electron chi connectivity index (χ0n) is 10.7. The minimum absolute atomic E-state index is 0.339. The summed E-state index contributed by atoms with van der Waals surface area (Å²) in [5.74, 6) is 0.887. The van der Waals surface area contributed by atoms with Crippen molar-refractivity contribution in [1.82, 2.24) is 0 Å². The van der Waals surface area contributed by atoms with Crippen molar-refractivity contribution in [3.8, 4) is 5.75 Å². The van der Waals surface area contributed by atoms with Gasteiger partial charge in [-0.1, -0.05) is 6.07 Å². The highest BCUT2D eigenvalue weighted by molar-refractivity contribution is 7.10. The van der Waals surface area contributed by atoms with E-state index in [1.54, 1.807) is 18.4 Å². The molecule has 2 aromatic rings. The average molecular weight is 259 g/mol. The molecule has 3 rings (SSSR count). The predicted molar refractivity (Wildman–Crippen MR) is 75.3 cm³/mol. The van der Waals surface area contributed by atoms with Crippen LogP contribution in [-0.4, -0.2) is 7.11 Å². The van der Waals surface area contributed by atoms with E-state index in [-0.39, 0.29) is 5.54 Å². The summed E-state index contributed by atoms with van der Waals surface area (Å²) in [6, 6.07) is 8.42. The zero-order valence-corrected chi connectivity index (χ0v) is 11.5. The lowest BCUT2D eigenvalue weighted by molar-refractivity contribution is 0.413. The van der Waals surface area contributed by atoms with Crippen molar-refractivity contribution in [2.75, 3.05) is 7.11 Å². The summed E-state index contributed by atoms with van der Waals surface area (Å²) >= 11 is 1.76. The van der Waals surface area contributed by atoms with Gasteiger partial charge in [-0.2, -0.15) is 0 Å². The Kier molecular flexibility index (Phi) is 2.68. The fourth-order valence-electron chi connectivity index (χ4n) is 2.91. The molecule has 1 aliphatic rings. The van der Waals surface area contributed by atoms with E-state index < -0.39 is 0 Å². The largest absolute Gasteiger partial charge is 0.497 e. The van der Waals surface area contributed by atoms with Crippen molar-refractivity contribution in [3.05, 3.63) is 51.2 Å². The third kappa shape index (κ3) is 1.58. The molecule has 0 fully saturated rings. The Morgan fingerprint density at radius 3 is 2.78 bits per heavy atom. The first-order valence-electron chi connectivity index (χ1n) is 6.16. The van der Waals surface area contributed by atoms with Crippen LogP contribution in [0.1, 0.15) is 28.0 Å². The van der Waals surface area contributed by atoms with Gasteiger partial charge in [-0.3, -0.25) is 0 Å². The second-order valence-electron chi connectivity index (χ2n) is 4.88. The Bertz CT molecular complexity index is 590. The average Bonchev–Trinajstić information content (AvgIpc) is 2.95. The molecule has 0 spiro atoms. The molecule has 94 valence electrons. The summed E-state index contributed by atoms with van der Waals surface area (Å²) in [4.78, 5) is 1.31. The number of aryl methyl sites for hydroxylation is 2. The van der Waals surface area contributed by atoms with Crippen molar-refractivity contribution in [3.63, 3.8) is 0 Å².